The van der Waals surface area contributed by atoms with E-state index in [1.165, 1.54) is 38.5 Å². The normalized spacial score (nSPS) is 40.5. The van der Waals surface area contributed by atoms with Crippen molar-refractivity contribution in [3.63, 3.8) is 0 Å². The number of aliphatic hydroxyl groups is 1. The second-order valence-corrected chi connectivity index (χ2v) is 8.15. The van der Waals surface area contributed by atoms with Crippen molar-refractivity contribution in [2.24, 2.45) is 23.2 Å². The molecule has 0 radical (unpaired) electrons. The Morgan fingerprint density at radius 2 is 1.65 bits per heavy atom. The standard InChI is InChI=1S/C17H31NO2/c1-12(2)18-9-16(19)10-20-11-17-6-13-3-14(7-17)5-15(4-13)8-17/h12-16,18-19H,3-11H2,1-2H3/t13?,14?,15?,16-,17?/m0/s1. The quantitative estimate of drug-likeness (QED) is 0.753. The van der Waals surface area contributed by atoms with Crippen molar-refractivity contribution >= 4 is 0 Å². The van der Waals surface area contributed by atoms with E-state index in [0.29, 0.717) is 24.6 Å². The maximum atomic E-state index is 9.92. The van der Waals surface area contributed by atoms with Gasteiger partial charge in [0, 0.05) is 12.6 Å². The lowest BCUT2D eigenvalue weighted by Crippen LogP contribution is -2.48. The number of aliphatic hydroxyl groups excluding tert-OH is 1. The summed E-state index contributed by atoms with van der Waals surface area (Å²) in [5.41, 5.74) is 0.472. The van der Waals surface area contributed by atoms with E-state index >= 15 is 0 Å². The molecule has 2 N–H and O–H groups in total. The zero-order valence-electron chi connectivity index (χ0n) is 13.1. The SMILES string of the molecule is CC(C)NC[C@H](O)COCC12CC3CC(CC(C3)C1)C2. The third-order valence-corrected chi connectivity index (χ3v) is 5.65. The van der Waals surface area contributed by atoms with E-state index in [4.69, 9.17) is 4.74 Å². The molecular weight excluding hydrogens is 250 g/mol. The van der Waals surface area contributed by atoms with E-state index in [0.717, 1.165) is 24.4 Å². The molecule has 0 aromatic rings. The van der Waals surface area contributed by atoms with Gasteiger partial charge in [0.05, 0.1) is 19.3 Å². The number of ether oxygens (including phenoxy) is 1. The molecular formula is C17H31NO2. The zero-order valence-corrected chi connectivity index (χ0v) is 13.1. The number of hydrogen-bond donors (Lipinski definition) is 2. The predicted molar refractivity (Wildman–Crippen MR) is 80.6 cm³/mol. The van der Waals surface area contributed by atoms with E-state index in [9.17, 15) is 5.11 Å². The third kappa shape index (κ3) is 3.37. The van der Waals surface area contributed by atoms with E-state index in [-0.39, 0.29) is 6.10 Å². The van der Waals surface area contributed by atoms with Crippen LogP contribution in [0.2, 0.25) is 0 Å². The Labute approximate surface area is 123 Å². The largest absolute Gasteiger partial charge is 0.389 e. The molecule has 0 saturated heterocycles. The topological polar surface area (TPSA) is 41.5 Å². The summed E-state index contributed by atoms with van der Waals surface area (Å²) in [5, 5.41) is 13.2. The molecule has 0 spiro atoms. The van der Waals surface area contributed by atoms with Gasteiger partial charge in [-0.25, -0.2) is 0 Å². The summed E-state index contributed by atoms with van der Waals surface area (Å²) in [7, 11) is 0. The Morgan fingerprint density at radius 1 is 1.10 bits per heavy atom. The third-order valence-electron chi connectivity index (χ3n) is 5.65. The van der Waals surface area contributed by atoms with Crippen LogP contribution in [0.4, 0.5) is 0 Å². The van der Waals surface area contributed by atoms with Gasteiger partial charge in [-0.05, 0) is 61.7 Å². The molecule has 3 heteroatoms. The Balaban J connectivity index is 1.42. The number of hydrogen-bond acceptors (Lipinski definition) is 3. The lowest BCUT2D eigenvalue weighted by atomic mass is 9.50. The van der Waals surface area contributed by atoms with Crippen molar-refractivity contribution in [2.75, 3.05) is 19.8 Å². The fourth-order valence-corrected chi connectivity index (χ4v) is 5.31. The van der Waals surface area contributed by atoms with Gasteiger partial charge in [-0.1, -0.05) is 13.8 Å². The molecule has 20 heavy (non-hydrogen) atoms. The average molecular weight is 281 g/mol. The maximum Gasteiger partial charge on any atom is 0.0897 e. The van der Waals surface area contributed by atoms with Crippen molar-refractivity contribution in [3.8, 4) is 0 Å². The highest BCUT2D eigenvalue weighted by atomic mass is 16.5. The summed E-state index contributed by atoms with van der Waals surface area (Å²) in [5.74, 6) is 2.95. The smallest absolute Gasteiger partial charge is 0.0897 e. The van der Waals surface area contributed by atoms with Crippen LogP contribution in [0.3, 0.4) is 0 Å². The van der Waals surface area contributed by atoms with Gasteiger partial charge in [0.25, 0.3) is 0 Å². The first-order valence-corrected chi connectivity index (χ1v) is 8.54. The first-order valence-electron chi connectivity index (χ1n) is 8.54. The molecule has 1 atom stereocenters. The van der Waals surface area contributed by atoms with Crippen LogP contribution in [0, 0.1) is 23.2 Å². The van der Waals surface area contributed by atoms with Crippen LogP contribution < -0.4 is 5.32 Å². The van der Waals surface area contributed by atoms with Gasteiger partial charge in [0.2, 0.25) is 0 Å². The van der Waals surface area contributed by atoms with Gasteiger partial charge in [-0.15, -0.1) is 0 Å². The van der Waals surface area contributed by atoms with E-state index in [1.807, 2.05) is 0 Å². The van der Waals surface area contributed by atoms with Crippen LogP contribution in [0.5, 0.6) is 0 Å². The lowest BCUT2D eigenvalue weighted by Gasteiger charge is -2.56. The monoisotopic (exact) mass is 281 g/mol. The molecule has 116 valence electrons. The highest BCUT2D eigenvalue weighted by Crippen LogP contribution is 2.59. The Morgan fingerprint density at radius 3 is 2.15 bits per heavy atom. The van der Waals surface area contributed by atoms with Crippen LogP contribution in [0.25, 0.3) is 0 Å². The first-order chi connectivity index (χ1) is 9.55. The molecule has 4 fully saturated rings. The summed E-state index contributed by atoms with van der Waals surface area (Å²) in [6, 6.07) is 0.424. The van der Waals surface area contributed by atoms with Gasteiger partial charge in [-0.3, -0.25) is 0 Å². The summed E-state index contributed by atoms with van der Waals surface area (Å²) < 4.78 is 5.92. The lowest BCUT2D eigenvalue weighted by molar-refractivity contribution is -0.105. The van der Waals surface area contributed by atoms with E-state index in [2.05, 4.69) is 19.2 Å². The van der Waals surface area contributed by atoms with Crippen LogP contribution in [-0.2, 0) is 4.74 Å². The van der Waals surface area contributed by atoms with Crippen molar-refractivity contribution in [2.45, 2.75) is 64.5 Å². The molecule has 0 aromatic heterocycles. The molecule has 0 amide bonds. The van der Waals surface area contributed by atoms with Crippen LogP contribution >= 0.6 is 0 Å². The Bertz CT molecular complexity index is 294. The fourth-order valence-electron chi connectivity index (χ4n) is 5.31. The van der Waals surface area contributed by atoms with Gasteiger partial charge in [0.15, 0.2) is 0 Å². The number of nitrogens with one attached hydrogen (secondary N) is 1. The van der Waals surface area contributed by atoms with Crippen LogP contribution in [0.1, 0.15) is 52.4 Å². The van der Waals surface area contributed by atoms with Gasteiger partial charge in [0.1, 0.15) is 0 Å². The van der Waals surface area contributed by atoms with E-state index in [1.54, 1.807) is 0 Å². The number of rotatable bonds is 7. The fraction of sp³-hybridized carbons (Fsp3) is 1.00. The zero-order chi connectivity index (χ0) is 14.2. The summed E-state index contributed by atoms with van der Waals surface area (Å²) in [4.78, 5) is 0. The molecule has 4 aliphatic carbocycles. The highest BCUT2D eigenvalue weighted by Gasteiger charge is 2.50. The molecule has 4 saturated carbocycles. The summed E-state index contributed by atoms with van der Waals surface area (Å²) in [6.45, 7) is 6.21. The Kier molecular flexibility index (Phi) is 4.40. The predicted octanol–water partition coefficient (Wildman–Crippen LogP) is 2.58. The first kappa shape index (κ1) is 14.8. The molecule has 0 aromatic carbocycles. The molecule has 4 bridgehead atoms. The summed E-state index contributed by atoms with van der Waals surface area (Å²) in [6.07, 6.45) is 8.25. The van der Waals surface area contributed by atoms with Crippen LogP contribution in [-0.4, -0.2) is 37.0 Å². The van der Waals surface area contributed by atoms with Gasteiger partial charge in [-0.2, -0.15) is 0 Å². The molecule has 4 aliphatic rings. The van der Waals surface area contributed by atoms with Crippen molar-refractivity contribution < 1.29 is 9.84 Å². The molecule has 4 rings (SSSR count). The minimum Gasteiger partial charge on any atom is -0.389 e. The Hall–Kier alpha value is -0.120. The van der Waals surface area contributed by atoms with Crippen molar-refractivity contribution in [1.29, 1.82) is 0 Å². The summed E-state index contributed by atoms with van der Waals surface area (Å²) >= 11 is 0. The van der Waals surface area contributed by atoms with Crippen LogP contribution in [0.15, 0.2) is 0 Å². The highest BCUT2D eigenvalue weighted by molar-refractivity contribution is 5.01. The molecule has 0 unspecified atom stereocenters. The average Bonchev–Trinajstić information content (AvgIpc) is 2.34. The minimum absolute atomic E-state index is 0.369. The van der Waals surface area contributed by atoms with Gasteiger partial charge >= 0.3 is 0 Å². The maximum absolute atomic E-state index is 9.92. The van der Waals surface area contributed by atoms with Crippen molar-refractivity contribution in [1.82, 2.24) is 5.32 Å². The van der Waals surface area contributed by atoms with E-state index < -0.39 is 0 Å². The second kappa shape index (κ2) is 5.94. The molecule has 0 heterocycles. The van der Waals surface area contributed by atoms with Gasteiger partial charge < -0.3 is 15.2 Å². The molecule has 0 aliphatic heterocycles. The molecule has 3 nitrogen and oxygen atoms in total. The second-order valence-electron chi connectivity index (χ2n) is 8.15. The van der Waals surface area contributed by atoms with Crippen molar-refractivity contribution in [3.05, 3.63) is 0 Å². The minimum atomic E-state index is -0.369.